The highest BCUT2D eigenvalue weighted by molar-refractivity contribution is 6.25. The fourth-order valence-electron chi connectivity index (χ4n) is 11.6. The minimum atomic E-state index is -0.508. The van der Waals surface area contributed by atoms with Gasteiger partial charge in [0.05, 0.1) is 5.41 Å². The Morgan fingerprint density at radius 2 is 0.800 bits per heavy atom. The van der Waals surface area contributed by atoms with Crippen molar-refractivity contribution in [2.45, 2.75) is 5.41 Å². The van der Waals surface area contributed by atoms with Crippen LogP contribution in [0.25, 0.3) is 110 Å². The number of hydrogen-bond acceptors (Lipinski definition) is 1. The van der Waals surface area contributed by atoms with Gasteiger partial charge >= 0.3 is 0 Å². The van der Waals surface area contributed by atoms with E-state index in [4.69, 9.17) is 4.42 Å². The first-order chi connectivity index (χ1) is 29.8. The van der Waals surface area contributed by atoms with Gasteiger partial charge in [0.2, 0.25) is 0 Å². The highest BCUT2D eigenvalue weighted by atomic mass is 16.3. The van der Waals surface area contributed by atoms with Crippen molar-refractivity contribution in [3.63, 3.8) is 0 Å². The van der Waals surface area contributed by atoms with Crippen molar-refractivity contribution in [2.24, 2.45) is 0 Å². The van der Waals surface area contributed by atoms with E-state index in [0.29, 0.717) is 0 Å². The van der Waals surface area contributed by atoms with Gasteiger partial charge < -0.3 is 4.42 Å². The lowest BCUT2D eigenvalue weighted by atomic mass is 9.68. The first-order valence-electron chi connectivity index (χ1n) is 20.9. The van der Waals surface area contributed by atoms with Crippen molar-refractivity contribution in [1.29, 1.82) is 0 Å². The van der Waals surface area contributed by atoms with Gasteiger partial charge in [-0.15, -0.1) is 0 Å². The first-order valence-corrected chi connectivity index (χ1v) is 20.9. The van der Waals surface area contributed by atoms with Gasteiger partial charge in [-0.2, -0.15) is 0 Å². The Kier molecular flexibility index (Phi) is 6.28. The van der Waals surface area contributed by atoms with Crippen LogP contribution in [0.5, 0.6) is 0 Å². The van der Waals surface area contributed by atoms with Gasteiger partial charge in [-0.3, -0.25) is 0 Å². The third kappa shape index (κ3) is 3.97. The quantitative estimate of drug-likeness (QED) is 0.160. The van der Waals surface area contributed by atoms with E-state index in [1.165, 1.54) is 110 Å². The van der Waals surface area contributed by atoms with Crippen molar-refractivity contribution < 1.29 is 4.42 Å². The number of hydrogen-bond donors (Lipinski definition) is 0. The van der Waals surface area contributed by atoms with Crippen LogP contribution in [0.3, 0.4) is 0 Å². The molecule has 0 N–H and O–H groups in total. The SMILES string of the molecule is c1ccc2c(c1)-c1ccccc1C21c2cc(-c3c4ccccc4c(-c4ccc5oc6ccccc6c5c4)c4ccccc34)c3ccccc3c2-c2ccc3ccccc3c21. The molecule has 276 valence electrons. The average molecular weight is 759 g/mol. The Balaban J connectivity index is 1.14. The van der Waals surface area contributed by atoms with E-state index < -0.39 is 5.41 Å². The predicted octanol–water partition coefficient (Wildman–Crippen LogP) is 15.9. The van der Waals surface area contributed by atoms with E-state index >= 15 is 0 Å². The van der Waals surface area contributed by atoms with Crippen molar-refractivity contribution >= 4 is 65.0 Å². The van der Waals surface area contributed by atoms with E-state index in [9.17, 15) is 0 Å². The van der Waals surface area contributed by atoms with Crippen LogP contribution in [-0.2, 0) is 5.41 Å². The van der Waals surface area contributed by atoms with Crippen LogP contribution in [0.1, 0.15) is 22.3 Å². The van der Waals surface area contributed by atoms with Gasteiger partial charge in [0.1, 0.15) is 11.2 Å². The molecule has 0 unspecified atom stereocenters. The molecule has 1 heteroatoms. The zero-order valence-electron chi connectivity index (χ0n) is 32.5. The molecule has 0 fully saturated rings. The molecular weight excluding hydrogens is 725 g/mol. The summed E-state index contributed by atoms with van der Waals surface area (Å²) in [5, 5.41) is 12.4. The molecule has 0 atom stereocenters. The largest absolute Gasteiger partial charge is 0.456 e. The van der Waals surface area contributed by atoms with E-state index in [1.54, 1.807) is 0 Å². The molecule has 1 aromatic heterocycles. The molecule has 0 radical (unpaired) electrons. The molecule has 60 heavy (non-hydrogen) atoms. The fourth-order valence-corrected chi connectivity index (χ4v) is 11.6. The van der Waals surface area contributed by atoms with E-state index in [0.717, 1.165) is 21.9 Å². The first kappa shape index (κ1) is 32.2. The lowest BCUT2D eigenvalue weighted by molar-refractivity contribution is 0.669. The Bertz CT molecular complexity index is 3740. The zero-order valence-corrected chi connectivity index (χ0v) is 32.5. The van der Waals surface area contributed by atoms with E-state index in [2.05, 4.69) is 200 Å². The predicted molar refractivity (Wildman–Crippen MR) is 251 cm³/mol. The minimum absolute atomic E-state index is 0.508. The fraction of sp³-hybridized carbons (Fsp3) is 0.0169. The zero-order chi connectivity index (χ0) is 39.1. The van der Waals surface area contributed by atoms with Crippen LogP contribution in [0.4, 0.5) is 0 Å². The standard InChI is InChI=1S/C59H34O/c1-2-16-37-35(15-1)29-31-47-57-42-21-4-3-17-38(42)49(34-52(57)59(58(37)47)50-26-12-9-18-39(50)40-19-10-13-27-51(40)59)56-45-24-7-5-22-43(45)55(44-23-6-8-25-46(44)56)36-30-32-54-48(33-36)41-20-11-14-28-53(41)60-54/h1-34H. The number of rotatable bonds is 2. The van der Waals surface area contributed by atoms with Crippen molar-refractivity contribution in [1.82, 2.24) is 0 Å². The molecule has 1 nitrogen and oxygen atoms in total. The van der Waals surface area contributed by atoms with Crippen LogP contribution in [-0.4, -0.2) is 0 Å². The van der Waals surface area contributed by atoms with Crippen LogP contribution in [0.2, 0.25) is 0 Å². The van der Waals surface area contributed by atoms with Crippen molar-refractivity contribution in [3.05, 3.63) is 229 Å². The highest BCUT2D eigenvalue weighted by Gasteiger charge is 2.53. The third-order valence-corrected chi connectivity index (χ3v) is 13.8. The van der Waals surface area contributed by atoms with E-state index in [-0.39, 0.29) is 0 Å². The summed E-state index contributed by atoms with van der Waals surface area (Å²) in [6, 6.07) is 77.0. The monoisotopic (exact) mass is 758 g/mol. The molecule has 0 saturated heterocycles. The summed E-state index contributed by atoms with van der Waals surface area (Å²) in [5.41, 5.74) is 17.0. The molecule has 14 rings (SSSR count). The Labute approximate surface area is 346 Å². The summed E-state index contributed by atoms with van der Waals surface area (Å²) in [6.07, 6.45) is 0. The molecule has 12 aromatic rings. The Morgan fingerprint density at radius 3 is 1.48 bits per heavy atom. The number of para-hydroxylation sites is 1. The molecular formula is C59H34O. The normalized spacial score (nSPS) is 13.5. The van der Waals surface area contributed by atoms with Gasteiger partial charge in [-0.05, 0) is 134 Å². The topological polar surface area (TPSA) is 13.1 Å². The average Bonchev–Trinajstić information content (AvgIpc) is 3.94. The van der Waals surface area contributed by atoms with Crippen LogP contribution < -0.4 is 0 Å². The lowest BCUT2D eigenvalue weighted by Crippen LogP contribution is -2.26. The third-order valence-electron chi connectivity index (χ3n) is 13.8. The summed E-state index contributed by atoms with van der Waals surface area (Å²) >= 11 is 0. The molecule has 0 amide bonds. The maximum atomic E-state index is 6.30. The second-order valence-corrected chi connectivity index (χ2v) is 16.6. The summed E-state index contributed by atoms with van der Waals surface area (Å²) in [5.74, 6) is 0. The lowest BCUT2D eigenvalue weighted by Gasteiger charge is -2.32. The minimum Gasteiger partial charge on any atom is -0.456 e. The van der Waals surface area contributed by atoms with Crippen LogP contribution in [0, 0.1) is 0 Å². The Hall–Kier alpha value is -7.74. The number of benzene rings is 11. The van der Waals surface area contributed by atoms with Gasteiger partial charge in [0.25, 0.3) is 0 Å². The molecule has 11 aromatic carbocycles. The molecule has 0 bridgehead atoms. The summed E-state index contributed by atoms with van der Waals surface area (Å²) < 4.78 is 6.30. The second kappa shape index (κ2) is 11.7. The smallest absolute Gasteiger partial charge is 0.135 e. The van der Waals surface area contributed by atoms with Crippen molar-refractivity contribution in [2.75, 3.05) is 0 Å². The van der Waals surface area contributed by atoms with Gasteiger partial charge in [0.15, 0.2) is 0 Å². The maximum Gasteiger partial charge on any atom is 0.135 e. The summed E-state index contributed by atoms with van der Waals surface area (Å²) in [4.78, 5) is 0. The van der Waals surface area contributed by atoms with Crippen molar-refractivity contribution in [3.8, 4) is 44.5 Å². The summed E-state index contributed by atoms with van der Waals surface area (Å²) in [7, 11) is 0. The van der Waals surface area contributed by atoms with Crippen LogP contribution >= 0.6 is 0 Å². The van der Waals surface area contributed by atoms with E-state index in [1.807, 2.05) is 6.07 Å². The molecule has 2 aliphatic rings. The molecule has 0 saturated carbocycles. The molecule has 1 heterocycles. The molecule has 2 aliphatic carbocycles. The number of furan rings is 1. The highest BCUT2D eigenvalue weighted by Crippen LogP contribution is 2.66. The van der Waals surface area contributed by atoms with Gasteiger partial charge in [-0.25, -0.2) is 0 Å². The molecule has 1 spiro atoms. The molecule has 0 aliphatic heterocycles. The van der Waals surface area contributed by atoms with Gasteiger partial charge in [-0.1, -0.05) is 182 Å². The Morgan fingerprint density at radius 1 is 0.283 bits per heavy atom. The summed E-state index contributed by atoms with van der Waals surface area (Å²) in [6.45, 7) is 0. The second-order valence-electron chi connectivity index (χ2n) is 16.6. The maximum absolute atomic E-state index is 6.30. The van der Waals surface area contributed by atoms with Gasteiger partial charge in [0, 0.05) is 10.8 Å². The number of fused-ring (bicyclic) bond motifs is 19. The van der Waals surface area contributed by atoms with Crippen LogP contribution in [0.15, 0.2) is 211 Å².